The highest BCUT2D eigenvalue weighted by Crippen LogP contribution is 2.52. The number of nitrogens with zero attached hydrogens (tertiary/aromatic N) is 4. The van der Waals surface area contributed by atoms with E-state index in [0.29, 0.717) is 0 Å². The number of alkyl halides is 3. The summed E-state index contributed by atoms with van der Waals surface area (Å²) < 4.78 is 40.9. The summed E-state index contributed by atoms with van der Waals surface area (Å²) in [5.41, 5.74) is -1.20. The standard InChI is InChI=1S/C13H14F3IN4/c14-13(15,16)12(18-19-12)11-3-1-10(2-4-11)9-20-5-7-21(17)8-6-20/h1-4H,5-9H2. The monoisotopic (exact) mass is 410 g/mol. The summed E-state index contributed by atoms with van der Waals surface area (Å²) in [5, 5.41) is 6.42. The summed E-state index contributed by atoms with van der Waals surface area (Å²) in [6, 6.07) is 6.44. The van der Waals surface area contributed by atoms with Crippen molar-refractivity contribution in [1.82, 2.24) is 8.01 Å². The van der Waals surface area contributed by atoms with Crippen molar-refractivity contribution in [3.05, 3.63) is 35.4 Å². The third-order valence-electron chi connectivity index (χ3n) is 3.78. The minimum atomic E-state index is -4.45. The molecule has 1 aromatic carbocycles. The second-order valence-electron chi connectivity index (χ2n) is 5.25. The van der Waals surface area contributed by atoms with Gasteiger partial charge in [-0.2, -0.15) is 13.2 Å². The molecule has 2 aliphatic rings. The number of rotatable bonds is 3. The predicted octanol–water partition coefficient (Wildman–Crippen LogP) is 3.34. The van der Waals surface area contributed by atoms with E-state index in [2.05, 4.69) is 41.1 Å². The Morgan fingerprint density at radius 3 is 2.10 bits per heavy atom. The molecule has 0 atom stereocenters. The highest BCUT2D eigenvalue weighted by Gasteiger charge is 2.65. The Balaban J connectivity index is 1.65. The first-order valence-electron chi connectivity index (χ1n) is 6.64. The van der Waals surface area contributed by atoms with E-state index in [-0.39, 0.29) is 5.56 Å². The van der Waals surface area contributed by atoms with Crippen molar-refractivity contribution in [2.45, 2.75) is 18.4 Å². The average Bonchev–Trinajstić information content (AvgIpc) is 3.23. The highest BCUT2D eigenvalue weighted by atomic mass is 127. The first kappa shape index (κ1) is 15.2. The molecule has 3 rings (SSSR count). The van der Waals surface area contributed by atoms with Crippen LogP contribution in [0.25, 0.3) is 0 Å². The Morgan fingerprint density at radius 1 is 1.05 bits per heavy atom. The first-order chi connectivity index (χ1) is 9.91. The zero-order valence-electron chi connectivity index (χ0n) is 11.1. The van der Waals surface area contributed by atoms with Crippen molar-refractivity contribution < 1.29 is 13.2 Å². The predicted molar refractivity (Wildman–Crippen MR) is 79.9 cm³/mol. The van der Waals surface area contributed by atoms with Gasteiger partial charge in [0.2, 0.25) is 0 Å². The van der Waals surface area contributed by atoms with Crippen LogP contribution in [0.1, 0.15) is 11.1 Å². The van der Waals surface area contributed by atoms with E-state index in [4.69, 9.17) is 0 Å². The van der Waals surface area contributed by atoms with Gasteiger partial charge in [0.05, 0.1) is 0 Å². The molecular formula is C13H14F3IN4. The molecule has 0 unspecified atom stereocenters. The second kappa shape index (κ2) is 5.47. The van der Waals surface area contributed by atoms with E-state index >= 15 is 0 Å². The van der Waals surface area contributed by atoms with Gasteiger partial charge in [0.15, 0.2) is 0 Å². The lowest BCUT2D eigenvalue weighted by atomic mass is 10.0. The van der Waals surface area contributed by atoms with Gasteiger partial charge in [-0.1, -0.05) is 24.3 Å². The zero-order valence-corrected chi connectivity index (χ0v) is 13.3. The highest BCUT2D eigenvalue weighted by molar-refractivity contribution is 14.1. The van der Waals surface area contributed by atoms with Gasteiger partial charge in [0, 0.05) is 61.2 Å². The van der Waals surface area contributed by atoms with E-state index in [0.717, 1.165) is 38.3 Å². The maximum Gasteiger partial charge on any atom is 0.442 e. The van der Waals surface area contributed by atoms with Crippen molar-refractivity contribution in [2.75, 3.05) is 26.2 Å². The van der Waals surface area contributed by atoms with Gasteiger partial charge in [0.25, 0.3) is 0 Å². The molecule has 0 amide bonds. The molecule has 0 saturated carbocycles. The van der Waals surface area contributed by atoms with Crippen LogP contribution < -0.4 is 0 Å². The van der Waals surface area contributed by atoms with Crippen LogP contribution >= 0.6 is 22.9 Å². The lowest BCUT2D eigenvalue weighted by Gasteiger charge is -2.31. The smallest absolute Gasteiger partial charge is 0.296 e. The molecule has 0 N–H and O–H groups in total. The molecule has 0 radical (unpaired) electrons. The van der Waals surface area contributed by atoms with Crippen LogP contribution in [0.3, 0.4) is 0 Å². The minimum absolute atomic E-state index is 0.0934. The molecule has 8 heteroatoms. The van der Waals surface area contributed by atoms with Crippen LogP contribution in [0.4, 0.5) is 13.2 Å². The maximum atomic E-state index is 12.9. The quantitative estimate of drug-likeness (QED) is 0.566. The molecular weight excluding hydrogens is 396 g/mol. The Labute approximate surface area is 134 Å². The molecule has 2 aliphatic heterocycles. The molecule has 1 fully saturated rings. The number of hydrogen-bond acceptors (Lipinski definition) is 4. The fourth-order valence-corrected chi connectivity index (χ4v) is 2.86. The van der Waals surface area contributed by atoms with E-state index < -0.39 is 11.8 Å². The summed E-state index contributed by atoms with van der Waals surface area (Å²) >= 11 is 2.30. The van der Waals surface area contributed by atoms with Crippen LogP contribution in [0, 0.1) is 0 Å². The fourth-order valence-electron chi connectivity index (χ4n) is 2.42. The molecule has 0 aliphatic carbocycles. The second-order valence-corrected chi connectivity index (χ2v) is 6.62. The van der Waals surface area contributed by atoms with Crippen LogP contribution in [0.5, 0.6) is 0 Å². The first-order valence-corrected chi connectivity index (χ1v) is 7.60. The topological polar surface area (TPSA) is 31.2 Å². The molecule has 4 nitrogen and oxygen atoms in total. The van der Waals surface area contributed by atoms with Gasteiger partial charge in [-0.15, -0.1) is 10.2 Å². The number of piperazine rings is 1. The molecule has 0 spiro atoms. The van der Waals surface area contributed by atoms with Gasteiger partial charge in [-0.25, -0.2) is 3.11 Å². The van der Waals surface area contributed by atoms with Gasteiger partial charge in [-0.3, -0.25) is 4.90 Å². The van der Waals surface area contributed by atoms with Crippen molar-refractivity contribution in [3.63, 3.8) is 0 Å². The third-order valence-corrected chi connectivity index (χ3v) is 4.74. The van der Waals surface area contributed by atoms with E-state index in [1.165, 1.54) is 12.1 Å². The molecule has 0 aromatic heterocycles. The zero-order chi connectivity index (χ0) is 15.1. The van der Waals surface area contributed by atoms with Gasteiger partial charge in [0.1, 0.15) is 0 Å². The van der Waals surface area contributed by atoms with Crippen molar-refractivity contribution >= 4 is 22.9 Å². The molecule has 1 aromatic rings. The van der Waals surface area contributed by atoms with E-state index in [1.807, 2.05) is 0 Å². The van der Waals surface area contributed by atoms with Crippen LogP contribution in [0.15, 0.2) is 34.5 Å². The minimum Gasteiger partial charge on any atom is -0.296 e. The van der Waals surface area contributed by atoms with E-state index in [1.54, 1.807) is 12.1 Å². The lowest BCUT2D eigenvalue weighted by Crippen LogP contribution is -2.41. The third kappa shape index (κ3) is 3.07. The summed E-state index contributed by atoms with van der Waals surface area (Å²) in [6.45, 7) is 4.73. The van der Waals surface area contributed by atoms with Crippen LogP contribution in [-0.4, -0.2) is 40.4 Å². The molecule has 21 heavy (non-hydrogen) atoms. The number of benzene rings is 1. The average molecular weight is 410 g/mol. The van der Waals surface area contributed by atoms with E-state index in [9.17, 15) is 13.2 Å². The molecule has 1 saturated heterocycles. The van der Waals surface area contributed by atoms with Crippen LogP contribution in [0.2, 0.25) is 0 Å². The van der Waals surface area contributed by atoms with Crippen molar-refractivity contribution in [3.8, 4) is 0 Å². The number of hydrogen-bond donors (Lipinski definition) is 0. The van der Waals surface area contributed by atoms with Crippen molar-refractivity contribution in [1.29, 1.82) is 0 Å². The Hall–Kier alpha value is -0.740. The van der Waals surface area contributed by atoms with Gasteiger partial charge in [-0.05, 0) is 5.56 Å². The molecule has 0 bridgehead atoms. The largest absolute Gasteiger partial charge is 0.442 e. The maximum absolute atomic E-state index is 12.9. The van der Waals surface area contributed by atoms with Gasteiger partial charge >= 0.3 is 11.8 Å². The van der Waals surface area contributed by atoms with Gasteiger partial charge < -0.3 is 0 Å². The summed E-state index contributed by atoms with van der Waals surface area (Å²) in [5.74, 6) is 0. The fraction of sp³-hybridized carbons (Fsp3) is 0.538. The Bertz CT molecular complexity index is 529. The SMILES string of the molecule is FC(F)(F)C1(c2ccc(CN3CCN(I)CC3)cc2)N=N1. The summed E-state index contributed by atoms with van der Waals surface area (Å²) in [6.07, 6.45) is -4.45. The van der Waals surface area contributed by atoms with Crippen molar-refractivity contribution in [2.24, 2.45) is 10.2 Å². The van der Waals surface area contributed by atoms with Crippen LogP contribution in [-0.2, 0) is 12.2 Å². The summed E-state index contributed by atoms with van der Waals surface area (Å²) in [7, 11) is 0. The molecule has 114 valence electrons. The summed E-state index contributed by atoms with van der Waals surface area (Å²) in [4.78, 5) is 2.30. The Morgan fingerprint density at radius 2 is 1.62 bits per heavy atom. The number of halogens is 4. The lowest BCUT2D eigenvalue weighted by molar-refractivity contribution is -0.166. The normalized spacial score (nSPS) is 22.5. The molecule has 2 heterocycles. The Kier molecular flexibility index (Phi) is 3.95.